The zero-order valence-corrected chi connectivity index (χ0v) is 18.4. The number of aryl methyl sites for hydroxylation is 1. The average molecular weight is 466 g/mol. The fraction of sp³-hybridized carbons (Fsp3) is 0.250. The molecule has 174 valence electrons. The molecule has 7 nitrogen and oxygen atoms in total. The first-order valence-corrected chi connectivity index (χ1v) is 10.7. The first kappa shape index (κ1) is 21.9. The number of anilines is 1. The molecule has 2 aromatic carbocycles. The number of alkyl halides is 3. The smallest absolute Gasteiger partial charge is 0.352 e. The van der Waals surface area contributed by atoms with E-state index in [2.05, 4.69) is 26.7 Å². The third-order valence-corrected chi connectivity index (χ3v) is 6.23. The monoisotopic (exact) mass is 466 g/mol. The Morgan fingerprint density at radius 2 is 1.88 bits per heavy atom. The van der Waals surface area contributed by atoms with E-state index >= 15 is 0 Å². The van der Waals surface area contributed by atoms with Crippen molar-refractivity contribution in [2.45, 2.75) is 13.1 Å². The molecule has 5 rings (SSSR count). The van der Waals surface area contributed by atoms with Crippen molar-refractivity contribution in [3.63, 3.8) is 0 Å². The van der Waals surface area contributed by atoms with E-state index in [9.17, 15) is 18.0 Å². The zero-order chi connectivity index (χ0) is 24.0. The molecule has 1 saturated heterocycles. The standard InChI is InChI=1S/C24H21F3N6O/c1-3-21(34)32-6-8-33(9-7-32)23-16-10-18(24(25,26)27)15(11-20(16)28-13-29-23)22-14(2)4-5-19-17(22)12-30-31-19/h3-5,10-13H,1,6-9H2,2H3,(H,30,31). The average Bonchev–Trinajstić information content (AvgIpc) is 3.30. The maximum absolute atomic E-state index is 14.3. The van der Waals surface area contributed by atoms with E-state index in [1.807, 2.05) is 4.90 Å². The molecule has 1 N–H and O–H groups in total. The van der Waals surface area contributed by atoms with Crippen molar-refractivity contribution in [2.24, 2.45) is 0 Å². The highest BCUT2D eigenvalue weighted by molar-refractivity contribution is 6.01. The third kappa shape index (κ3) is 3.64. The van der Waals surface area contributed by atoms with E-state index in [-0.39, 0.29) is 11.5 Å². The lowest BCUT2D eigenvalue weighted by molar-refractivity contribution is -0.137. The molecule has 1 amide bonds. The Balaban J connectivity index is 1.66. The minimum atomic E-state index is -4.59. The first-order valence-electron chi connectivity index (χ1n) is 10.7. The third-order valence-electron chi connectivity index (χ3n) is 6.23. The van der Waals surface area contributed by atoms with Crippen LogP contribution >= 0.6 is 0 Å². The lowest BCUT2D eigenvalue weighted by atomic mass is 9.91. The molecule has 34 heavy (non-hydrogen) atoms. The molecule has 0 spiro atoms. The molecule has 1 fully saturated rings. The maximum Gasteiger partial charge on any atom is 0.417 e. The Kier molecular flexibility index (Phi) is 5.22. The molecule has 0 saturated carbocycles. The number of aromatic amines is 1. The summed E-state index contributed by atoms with van der Waals surface area (Å²) in [6.07, 6.45) is -0.432. The number of carbonyl (C=O) groups is 1. The van der Waals surface area contributed by atoms with Crippen LogP contribution < -0.4 is 4.90 Å². The van der Waals surface area contributed by atoms with Gasteiger partial charge in [0, 0.05) is 37.0 Å². The second-order valence-corrected chi connectivity index (χ2v) is 8.22. The van der Waals surface area contributed by atoms with Gasteiger partial charge in [-0.1, -0.05) is 12.6 Å². The summed E-state index contributed by atoms with van der Waals surface area (Å²) < 4.78 is 43.0. The van der Waals surface area contributed by atoms with Crippen LogP contribution in [0, 0.1) is 6.92 Å². The van der Waals surface area contributed by atoms with Gasteiger partial charge in [0.2, 0.25) is 5.91 Å². The molecule has 1 aliphatic rings. The van der Waals surface area contributed by atoms with Crippen molar-refractivity contribution in [2.75, 3.05) is 31.1 Å². The summed E-state index contributed by atoms with van der Waals surface area (Å²) in [6.45, 7) is 7.04. The Morgan fingerprint density at radius 1 is 1.12 bits per heavy atom. The summed E-state index contributed by atoms with van der Waals surface area (Å²) in [5.41, 5.74) is 1.54. The van der Waals surface area contributed by atoms with Crippen LogP contribution in [0.4, 0.5) is 19.0 Å². The summed E-state index contributed by atoms with van der Waals surface area (Å²) >= 11 is 0. The fourth-order valence-corrected chi connectivity index (χ4v) is 4.53. The van der Waals surface area contributed by atoms with Gasteiger partial charge in [-0.05, 0) is 47.9 Å². The van der Waals surface area contributed by atoms with Crippen LogP contribution in [0.2, 0.25) is 0 Å². The van der Waals surface area contributed by atoms with Crippen LogP contribution in [-0.2, 0) is 11.0 Å². The quantitative estimate of drug-likeness (QED) is 0.455. The molecule has 10 heteroatoms. The Hall–Kier alpha value is -3.95. The normalized spacial score (nSPS) is 14.7. The molecular weight excluding hydrogens is 445 g/mol. The summed E-state index contributed by atoms with van der Waals surface area (Å²) in [6, 6.07) is 6.19. The van der Waals surface area contributed by atoms with Crippen LogP contribution in [0.5, 0.6) is 0 Å². The summed E-state index contributed by atoms with van der Waals surface area (Å²) in [5.74, 6) is 0.256. The highest BCUT2D eigenvalue weighted by Crippen LogP contribution is 2.43. The van der Waals surface area contributed by atoms with E-state index in [1.165, 1.54) is 24.7 Å². The maximum atomic E-state index is 14.3. The van der Waals surface area contributed by atoms with Gasteiger partial charge in [-0.25, -0.2) is 9.97 Å². The first-order chi connectivity index (χ1) is 16.3. The van der Waals surface area contributed by atoms with Crippen molar-refractivity contribution < 1.29 is 18.0 Å². The molecular formula is C24H21F3N6O. The number of benzene rings is 2. The van der Waals surface area contributed by atoms with E-state index in [4.69, 9.17) is 0 Å². The molecule has 1 aliphatic heterocycles. The number of fused-ring (bicyclic) bond motifs is 2. The Morgan fingerprint density at radius 3 is 2.59 bits per heavy atom. The predicted molar refractivity (Wildman–Crippen MR) is 123 cm³/mol. The largest absolute Gasteiger partial charge is 0.417 e. The zero-order valence-electron chi connectivity index (χ0n) is 18.4. The van der Waals surface area contributed by atoms with E-state index in [0.717, 1.165) is 6.07 Å². The molecule has 0 aliphatic carbocycles. The fourth-order valence-electron chi connectivity index (χ4n) is 4.53. The molecule has 0 bridgehead atoms. The summed E-state index contributed by atoms with van der Waals surface area (Å²) in [5, 5.41) is 7.76. The van der Waals surface area contributed by atoms with Gasteiger partial charge in [0.1, 0.15) is 12.1 Å². The minimum Gasteiger partial charge on any atom is -0.352 e. The highest BCUT2D eigenvalue weighted by Gasteiger charge is 2.36. The van der Waals surface area contributed by atoms with Crippen LogP contribution in [0.25, 0.3) is 32.9 Å². The molecule has 0 unspecified atom stereocenters. The Labute approximate surface area is 192 Å². The van der Waals surface area contributed by atoms with Crippen molar-refractivity contribution in [3.05, 3.63) is 60.6 Å². The lowest BCUT2D eigenvalue weighted by Gasteiger charge is -2.35. The van der Waals surface area contributed by atoms with Gasteiger partial charge >= 0.3 is 6.18 Å². The molecule has 0 radical (unpaired) electrons. The predicted octanol–water partition coefficient (Wildman–Crippen LogP) is 4.33. The number of amides is 1. The van der Waals surface area contributed by atoms with Crippen LogP contribution in [0.3, 0.4) is 0 Å². The second kappa shape index (κ2) is 8.12. The Bertz CT molecular complexity index is 1420. The number of aromatic nitrogens is 4. The molecule has 4 aromatic rings. The number of hydrogen-bond acceptors (Lipinski definition) is 5. The van der Waals surface area contributed by atoms with Crippen molar-refractivity contribution >= 4 is 33.5 Å². The minimum absolute atomic E-state index is 0.0514. The SMILES string of the molecule is C=CC(=O)N1CCN(c2ncnc3cc(-c4c(C)ccc5[nH]ncc45)c(C(F)(F)F)cc23)CC1. The van der Waals surface area contributed by atoms with Gasteiger partial charge in [-0.3, -0.25) is 9.89 Å². The van der Waals surface area contributed by atoms with Gasteiger partial charge in [0.05, 0.1) is 22.8 Å². The van der Waals surface area contributed by atoms with Crippen molar-refractivity contribution in [3.8, 4) is 11.1 Å². The highest BCUT2D eigenvalue weighted by atomic mass is 19.4. The van der Waals surface area contributed by atoms with Gasteiger partial charge in [-0.15, -0.1) is 0 Å². The summed E-state index contributed by atoms with van der Waals surface area (Å²) in [7, 11) is 0. The van der Waals surface area contributed by atoms with E-state index < -0.39 is 11.7 Å². The number of H-pyrrole nitrogens is 1. The van der Waals surface area contributed by atoms with Crippen LogP contribution in [-0.4, -0.2) is 57.2 Å². The lowest BCUT2D eigenvalue weighted by Crippen LogP contribution is -2.48. The molecule has 0 atom stereocenters. The second-order valence-electron chi connectivity index (χ2n) is 8.22. The summed E-state index contributed by atoms with van der Waals surface area (Å²) in [4.78, 5) is 24.0. The van der Waals surface area contributed by atoms with Crippen LogP contribution in [0.1, 0.15) is 11.1 Å². The van der Waals surface area contributed by atoms with Gasteiger partial charge in [-0.2, -0.15) is 18.3 Å². The number of piperazine rings is 1. The molecule has 2 aromatic heterocycles. The molecule has 3 heterocycles. The number of rotatable bonds is 3. The topological polar surface area (TPSA) is 78.0 Å². The van der Waals surface area contributed by atoms with Crippen molar-refractivity contribution in [1.82, 2.24) is 25.1 Å². The number of carbonyl (C=O) groups excluding carboxylic acids is 1. The van der Waals surface area contributed by atoms with E-state index in [1.54, 1.807) is 24.0 Å². The van der Waals surface area contributed by atoms with Gasteiger partial charge in [0.25, 0.3) is 0 Å². The van der Waals surface area contributed by atoms with Crippen molar-refractivity contribution in [1.29, 1.82) is 0 Å². The van der Waals surface area contributed by atoms with Gasteiger partial charge in [0.15, 0.2) is 0 Å². The number of nitrogens with zero attached hydrogens (tertiary/aromatic N) is 5. The number of halogens is 3. The number of nitrogens with one attached hydrogen (secondary N) is 1. The van der Waals surface area contributed by atoms with Crippen LogP contribution in [0.15, 0.2) is 49.4 Å². The van der Waals surface area contributed by atoms with E-state index in [0.29, 0.717) is 64.9 Å². The number of hydrogen-bond donors (Lipinski definition) is 1. The van der Waals surface area contributed by atoms with Gasteiger partial charge < -0.3 is 9.80 Å².